The van der Waals surface area contributed by atoms with Gasteiger partial charge >= 0.3 is 0 Å². The number of rotatable bonds is 4. The summed E-state index contributed by atoms with van der Waals surface area (Å²) in [7, 11) is 0. The molecule has 0 bridgehead atoms. The van der Waals surface area contributed by atoms with Gasteiger partial charge in [0.1, 0.15) is 10.6 Å². The lowest BCUT2D eigenvalue weighted by Gasteiger charge is -2.04. The quantitative estimate of drug-likeness (QED) is 0.936. The first kappa shape index (κ1) is 13.2. The standard InChI is InChI=1S/C13H16N4O2S/c1-6(2)10-9(7(3)17-19-10)11(18)14-13-16-15-12(20-13)8-4-5-8/h6,8H,4-5H2,1-3H3,(H,14,16,18). The van der Waals surface area contributed by atoms with Crippen molar-refractivity contribution in [3.05, 3.63) is 22.0 Å². The number of anilines is 1. The van der Waals surface area contributed by atoms with Gasteiger partial charge in [-0.3, -0.25) is 10.1 Å². The normalized spacial score (nSPS) is 14.8. The molecule has 2 heterocycles. The molecule has 106 valence electrons. The van der Waals surface area contributed by atoms with E-state index >= 15 is 0 Å². The molecule has 3 rings (SSSR count). The Balaban J connectivity index is 1.79. The van der Waals surface area contributed by atoms with Gasteiger partial charge in [-0.25, -0.2) is 0 Å². The minimum absolute atomic E-state index is 0.105. The maximum Gasteiger partial charge on any atom is 0.263 e. The molecule has 1 amide bonds. The Labute approximate surface area is 120 Å². The van der Waals surface area contributed by atoms with E-state index in [1.165, 1.54) is 24.2 Å². The summed E-state index contributed by atoms with van der Waals surface area (Å²) in [5.41, 5.74) is 1.10. The third-order valence-electron chi connectivity index (χ3n) is 3.23. The van der Waals surface area contributed by atoms with Gasteiger partial charge in [0.05, 0.1) is 5.69 Å². The monoisotopic (exact) mass is 292 g/mol. The van der Waals surface area contributed by atoms with Crippen LogP contribution in [0.4, 0.5) is 5.13 Å². The summed E-state index contributed by atoms with van der Waals surface area (Å²) >= 11 is 1.44. The van der Waals surface area contributed by atoms with Crippen molar-refractivity contribution in [2.45, 2.75) is 45.4 Å². The largest absolute Gasteiger partial charge is 0.360 e. The van der Waals surface area contributed by atoms with E-state index < -0.39 is 0 Å². The highest BCUT2D eigenvalue weighted by Crippen LogP contribution is 2.42. The van der Waals surface area contributed by atoms with Gasteiger partial charge in [0.15, 0.2) is 5.76 Å². The van der Waals surface area contributed by atoms with Crippen molar-refractivity contribution in [3.63, 3.8) is 0 Å². The van der Waals surface area contributed by atoms with Crippen molar-refractivity contribution in [2.24, 2.45) is 0 Å². The Morgan fingerprint density at radius 1 is 1.40 bits per heavy atom. The van der Waals surface area contributed by atoms with Crippen LogP contribution in [-0.2, 0) is 0 Å². The van der Waals surface area contributed by atoms with Crippen LogP contribution in [0.25, 0.3) is 0 Å². The van der Waals surface area contributed by atoms with Crippen molar-refractivity contribution >= 4 is 22.4 Å². The van der Waals surface area contributed by atoms with E-state index in [1.807, 2.05) is 13.8 Å². The van der Waals surface area contributed by atoms with E-state index in [2.05, 4.69) is 20.7 Å². The number of carbonyl (C=O) groups is 1. The Kier molecular flexibility index (Phi) is 3.29. The van der Waals surface area contributed by atoms with Gasteiger partial charge in [-0.2, -0.15) is 0 Å². The van der Waals surface area contributed by atoms with E-state index in [-0.39, 0.29) is 11.8 Å². The van der Waals surface area contributed by atoms with Crippen LogP contribution in [-0.4, -0.2) is 21.3 Å². The second kappa shape index (κ2) is 4.97. The van der Waals surface area contributed by atoms with Gasteiger partial charge in [0, 0.05) is 11.8 Å². The molecule has 20 heavy (non-hydrogen) atoms. The fourth-order valence-corrected chi connectivity index (χ4v) is 2.90. The molecule has 0 saturated heterocycles. The average Bonchev–Trinajstić information content (AvgIpc) is 3.01. The summed E-state index contributed by atoms with van der Waals surface area (Å²) in [6.45, 7) is 5.69. The fraction of sp³-hybridized carbons (Fsp3) is 0.538. The number of nitrogens with one attached hydrogen (secondary N) is 1. The molecule has 0 unspecified atom stereocenters. The molecule has 6 nitrogen and oxygen atoms in total. The summed E-state index contributed by atoms with van der Waals surface area (Å²) in [5.74, 6) is 1.02. The molecule has 1 saturated carbocycles. The van der Waals surface area contributed by atoms with Gasteiger partial charge in [0.2, 0.25) is 5.13 Å². The van der Waals surface area contributed by atoms with Crippen molar-refractivity contribution < 1.29 is 9.32 Å². The smallest absolute Gasteiger partial charge is 0.263 e. The molecule has 1 aliphatic carbocycles. The fourth-order valence-electron chi connectivity index (χ4n) is 2.00. The first-order chi connectivity index (χ1) is 9.56. The maximum absolute atomic E-state index is 12.3. The summed E-state index contributed by atoms with van der Waals surface area (Å²) in [4.78, 5) is 12.3. The molecular weight excluding hydrogens is 276 g/mol. The minimum Gasteiger partial charge on any atom is -0.360 e. The molecule has 0 aliphatic heterocycles. The molecule has 0 aromatic carbocycles. The third kappa shape index (κ3) is 2.45. The first-order valence-electron chi connectivity index (χ1n) is 6.67. The minimum atomic E-state index is -0.231. The number of hydrogen-bond acceptors (Lipinski definition) is 6. The second-order valence-corrected chi connectivity index (χ2v) is 6.34. The van der Waals surface area contributed by atoms with Crippen LogP contribution in [0.2, 0.25) is 0 Å². The van der Waals surface area contributed by atoms with Crippen molar-refractivity contribution in [3.8, 4) is 0 Å². The summed E-state index contributed by atoms with van der Waals surface area (Å²) < 4.78 is 5.23. The summed E-state index contributed by atoms with van der Waals surface area (Å²) in [6, 6.07) is 0. The predicted molar refractivity (Wildman–Crippen MR) is 75.2 cm³/mol. The lowest BCUT2D eigenvalue weighted by Crippen LogP contribution is -2.14. The molecular formula is C13H16N4O2S. The summed E-state index contributed by atoms with van der Waals surface area (Å²) in [6.07, 6.45) is 2.34. The molecule has 0 atom stereocenters. The van der Waals surface area contributed by atoms with E-state index in [0.717, 1.165) is 5.01 Å². The van der Waals surface area contributed by atoms with Crippen LogP contribution in [0.15, 0.2) is 4.52 Å². The van der Waals surface area contributed by atoms with Gasteiger partial charge in [0.25, 0.3) is 5.91 Å². The number of aromatic nitrogens is 3. The van der Waals surface area contributed by atoms with E-state index in [0.29, 0.717) is 28.1 Å². The predicted octanol–water partition coefficient (Wildman–Crippen LogP) is 3.09. The summed E-state index contributed by atoms with van der Waals surface area (Å²) in [5, 5.41) is 16.3. The maximum atomic E-state index is 12.3. The Hall–Kier alpha value is -1.76. The second-order valence-electron chi connectivity index (χ2n) is 5.34. The van der Waals surface area contributed by atoms with Gasteiger partial charge < -0.3 is 4.52 Å². The molecule has 0 radical (unpaired) electrons. The Morgan fingerprint density at radius 3 is 2.80 bits per heavy atom. The third-order valence-corrected chi connectivity index (χ3v) is 4.23. The Morgan fingerprint density at radius 2 is 2.15 bits per heavy atom. The van der Waals surface area contributed by atoms with E-state index in [4.69, 9.17) is 4.52 Å². The van der Waals surface area contributed by atoms with Crippen LogP contribution < -0.4 is 5.32 Å². The number of amides is 1. The molecule has 0 spiro atoms. The molecule has 1 fully saturated rings. The highest BCUT2D eigenvalue weighted by molar-refractivity contribution is 7.15. The van der Waals surface area contributed by atoms with Crippen molar-refractivity contribution in [1.29, 1.82) is 0 Å². The van der Waals surface area contributed by atoms with Crippen LogP contribution >= 0.6 is 11.3 Å². The number of nitrogens with zero attached hydrogens (tertiary/aromatic N) is 3. The van der Waals surface area contributed by atoms with E-state index in [1.54, 1.807) is 6.92 Å². The Bertz CT molecular complexity index is 643. The highest BCUT2D eigenvalue weighted by atomic mass is 32.1. The SMILES string of the molecule is Cc1noc(C(C)C)c1C(=O)Nc1nnc(C2CC2)s1. The number of aryl methyl sites for hydroxylation is 1. The lowest BCUT2D eigenvalue weighted by atomic mass is 10.0. The van der Waals surface area contributed by atoms with Gasteiger partial charge in [-0.05, 0) is 19.8 Å². The molecule has 2 aromatic heterocycles. The van der Waals surface area contributed by atoms with Crippen LogP contribution in [0.3, 0.4) is 0 Å². The van der Waals surface area contributed by atoms with Crippen LogP contribution in [0.5, 0.6) is 0 Å². The zero-order valence-corrected chi connectivity index (χ0v) is 12.5. The van der Waals surface area contributed by atoms with E-state index in [9.17, 15) is 4.79 Å². The van der Waals surface area contributed by atoms with Crippen molar-refractivity contribution in [1.82, 2.24) is 15.4 Å². The first-order valence-corrected chi connectivity index (χ1v) is 7.48. The topological polar surface area (TPSA) is 80.9 Å². The number of hydrogen-bond donors (Lipinski definition) is 1. The number of carbonyl (C=O) groups excluding carboxylic acids is 1. The van der Waals surface area contributed by atoms with Gasteiger partial charge in [-0.15, -0.1) is 10.2 Å². The zero-order chi connectivity index (χ0) is 14.3. The van der Waals surface area contributed by atoms with Crippen LogP contribution in [0, 0.1) is 6.92 Å². The lowest BCUT2D eigenvalue weighted by molar-refractivity contribution is 0.102. The molecule has 1 aliphatic rings. The molecule has 2 aromatic rings. The molecule has 1 N–H and O–H groups in total. The van der Waals surface area contributed by atoms with Crippen molar-refractivity contribution in [2.75, 3.05) is 5.32 Å². The van der Waals surface area contributed by atoms with Gasteiger partial charge in [-0.1, -0.05) is 30.3 Å². The zero-order valence-electron chi connectivity index (χ0n) is 11.6. The average molecular weight is 292 g/mol. The highest BCUT2D eigenvalue weighted by Gasteiger charge is 2.28. The molecule has 7 heteroatoms. The van der Waals surface area contributed by atoms with Crippen LogP contribution in [0.1, 0.15) is 65.3 Å².